The molecule has 4 atom stereocenters. The Morgan fingerprint density at radius 2 is 2.11 bits per heavy atom. The van der Waals surface area contributed by atoms with Crippen LogP contribution in [0.2, 0.25) is 0 Å². The molecule has 1 saturated heterocycles. The summed E-state index contributed by atoms with van der Waals surface area (Å²) in [5.74, 6) is -3.06. The van der Waals surface area contributed by atoms with Gasteiger partial charge in [0.1, 0.15) is 24.3 Å². The van der Waals surface area contributed by atoms with Gasteiger partial charge in [-0.25, -0.2) is 19.3 Å². The molecule has 1 aliphatic heterocycles. The molecule has 154 valence electrons. The number of nitrogens with zero attached hydrogens (tertiary/aromatic N) is 4. The highest BCUT2D eigenvalue weighted by Crippen LogP contribution is 2.35. The van der Waals surface area contributed by atoms with Crippen LogP contribution in [0.15, 0.2) is 6.33 Å². The van der Waals surface area contributed by atoms with E-state index in [1.807, 2.05) is 0 Å². The van der Waals surface area contributed by atoms with Gasteiger partial charge in [0.15, 0.2) is 23.9 Å². The number of hydrogen-bond donors (Lipinski definition) is 2. The third kappa shape index (κ3) is 3.58. The number of alkyl halides is 4. The first-order valence-corrected chi connectivity index (χ1v) is 8.22. The number of halogens is 4. The number of aliphatic hydroxyl groups excluding tert-OH is 1. The normalized spacial score (nSPS) is 25.6. The molecule has 1 aliphatic rings. The smallest absolute Gasteiger partial charge is 0.451 e. The lowest BCUT2D eigenvalue weighted by Crippen LogP contribution is -2.32. The van der Waals surface area contributed by atoms with Crippen molar-refractivity contribution >= 4 is 23.0 Å². The summed E-state index contributed by atoms with van der Waals surface area (Å²) in [7, 11) is 0. The number of nitrogens with two attached hydrogens (primary N) is 1. The molecule has 1 fully saturated rings. The van der Waals surface area contributed by atoms with E-state index >= 15 is 0 Å². The number of ether oxygens (including phenoxy) is 2. The first-order valence-electron chi connectivity index (χ1n) is 8.22. The molecule has 13 heteroatoms. The monoisotopic (exact) mass is 407 g/mol. The van der Waals surface area contributed by atoms with E-state index in [9.17, 15) is 27.5 Å². The van der Waals surface area contributed by atoms with E-state index in [1.165, 1.54) is 0 Å². The fourth-order valence-electron chi connectivity index (χ4n) is 2.65. The fourth-order valence-corrected chi connectivity index (χ4v) is 2.65. The highest BCUT2D eigenvalue weighted by atomic mass is 19.4. The zero-order chi connectivity index (χ0) is 20.8. The molecular formula is C15H17F4N5O4. The molecule has 0 aromatic carbocycles. The van der Waals surface area contributed by atoms with Crippen molar-refractivity contribution in [3.05, 3.63) is 12.2 Å². The van der Waals surface area contributed by atoms with Gasteiger partial charge in [-0.15, -0.1) is 0 Å². The average molecular weight is 407 g/mol. The van der Waals surface area contributed by atoms with Gasteiger partial charge < -0.3 is 20.3 Å². The van der Waals surface area contributed by atoms with Crippen LogP contribution in [0.5, 0.6) is 0 Å². The molecule has 9 nitrogen and oxygen atoms in total. The predicted octanol–water partition coefficient (Wildman–Crippen LogP) is 1.22. The summed E-state index contributed by atoms with van der Waals surface area (Å²) in [6.45, 7) is 2.76. The number of imidazole rings is 1. The van der Waals surface area contributed by atoms with Gasteiger partial charge in [0.05, 0.1) is 12.2 Å². The molecule has 2 aromatic heterocycles. The molecule has 0 bridgehead atoms. The largest absolute Gasteiger partial charge is 0.463 e. The van der Waals surface area contributed by atoms with Crippen LogP contribution < -0.4 is 5.73 Å². The maximum atomic E-state index is 14.6. The molecule has 3 rings (SSSR count). The molecule has 0 saturated carbocycles. The SMILES string of the molecule is CC(C)C(=O)OC[C@H]1O[C@@H](n2cnc3c(N)nc(C(F)(F)F)nc32)[C@@H](F)[C@@H]1O. The lowest BCUT2D eigenvalue weighted by atomic mass is 10.1. The Labute approximate surface area is 155 Å². The highest BCUT2D eigenvalue weighted by Gasteiger charge is 2.46. The Kier molecular flexibility index (Phi) is 5.14. The van der Waals surface area contributed by atoms with Crippen LogP contribution in [0.4, 0.5) is 23.4 Å². The average Bonchev–Trinajstić information content (AvgIpc) is 3.14. The highest BCUT2D eigenvalue weighted by molar-refractivity contribution is 5.81. The summed E-state index contributed by atoms with van der Waals surface area (Å²) in [5, 5.41) is 10.0. The van der Waals surface area contributed by atoms with Crippen LogP contribution >= 0.6 is 0 Å². The van der Waals surface area contributed by atoms with Crippen LogP contribution in [-0.4, -0.2) is 55.6 Å². The van der Waals surface area contributed by atoms with Crippen molar-refractivity contribution in [2.45, 2.75) is 44.6 Å². The third-order valence-electron chi connectivity index (χ3n) is 4.13. The van der Waals surface area contributed by atoms with E-state index in [1.54, 1.807) is 13.8 Å². The number of carbonyl (C=O) groups is 1. The van der Waals surface area contributed by atoms with Crippen LogP contribution in [0.3, 0.4) is 0 Å². The van der Waals surface area contributed by atoms with Crippen molar-refractivity contribution in [3.8, 4) is 0 Å². The third-order valence-corrected chi connectivity index (χ3v) is 4.13. The Morgan fingerprint density at radius 3 is 2.71 bits per heavy atom. The van der Waals surface area contributed by atoms with E-state index in [4.69, 9.17) is 15.2 Å². The van der Waals surface area contributed by atoms with Crippen LogP contribution in [0.25, 0.3) is 11.2 Å². The number of aromatic nitrogens is 4. The molecule has 0 radical (unpaired) electrons. The van der Waals surface area contributed by atoms with Crippen molar-refractivity contribution in [2.75, 3.05) is 12.3 Å². The summed E-state index contributed by atoms with van der Waals surface area (Å²) < 4.78 is 64.6. The van der Waals surface area contributed by atoms with Crippen molar-refractivity contribution in [1.82, 2.24) is 19.5 Å². The lowest BCUT2D eigenvalue weighted by molar-refractivity contribution is -0.153. The second-order valence-corrected chi connectivity index (χ2v) is 6.54. The fraction of sp³-hybridized carbons (Fsp3) is 0.600. The Morgan fingerprint density at radius 1 is 1.43 bits per heavy atom. The number of fused-ring (bicyclic) bond motifs is 1. The summed E-state index contributed by atoms with van der Waals surface area (Å²) in [6.07, 6.45) is -10.4. The molecule has 0 amide bonds. The molecule has 3 N–H and O–H groups in total. The molecule has 0 unspecified atom stereocenters. The van der Waals surface area contributed by atoms with Gasteiger partial charge >= 0.3 is 12.1 Å². The molecule has 0 spiro atoms. The minimum atomic E-state index is -4.88. The van der Waals surface area contributed by atoms with Crippen molar-refractivity contribution in [2.24, 2.45) is 5.92 Å². The van der Waals surface area contributed by atoms with Crippen molar-refractivity contribution in [3.63, 3.8) is 0 Å². The Hall–Kier alpha value is -2.54. The second kappa shape index (κ2) is 7.13. The van der Waals surface area contributed by atoms with Gasteiger partial charge in [-0.2, -0.15) is 13.2 Å². The maximum Gasteiger partial charge on any atom is 0.451 e. The number of esters is 1. The number of hydrogen-bond acceptors (Lipinski definition) is 8. The zero-order valence-electron chi connectivity index (χ0n) is 14.7. The number of carbonyl (C=O) groups excluding carboxylic acids is 1. The number of rotatable bonds is 4. The number of nitrogen functional groups attached to an aromatic ring is 1. The van der Waals surface area contributed by atoms with Gasteiger partial charge in [-0.3, -0.25) is 9.36 Å². The maximum absolute atomic E-state index is 14.6. The van der Waals surface area contributed by atoms with E-state index in [-0.39, 0.29) is 5.52 Å². The van der Waals surface area contributed by atoms with Gasteiger partial charge in [0, 0.05) is 0 Å². The van der Waals surface area contributed by atoms with Gasteiger partial charge in [0.25, 0.3) is 0 Å². The topological polar surface area (TPSA) is 125 Å². The van der Waals surface area contributed by atoms with E-state index in [0.717, 1.165) is 10.9 Å². The summed E-state index contributed by atoms with van der Waals surface area (Å²) in [4.78, 5) is 21.9. The van der Waals surface area contributed by atoms with Crippen LogP contribution in [0.1, 0.15) is 25.9 Å². The van der Waals surface area contributed by atoms with Gasteiger partial charge in [0.2, 0.25) is 5.82 Å². The first kappa shape index (κ1) is 20.2. The van der Waals surface area contributed by atoms with Crippen LogP contribution in [0, 0.1) is 5.92 Å². The quantitative estimate of drug-likeness (QED) is 0.573. The minimum absolute atomic E-state index is 0.173. The van der Waals surface area contributed by atoms with E-state index in [0.29, 0.717) is 0 Å². The van der Waals surface area contributed by atoms with E-state index in [2.05, 4.69) is 15.0 Å². The summed E-state index contributed by atoms with van der Waals surface area (Å²) in [5.41, 5.74) is 4.92. The molecular weight excluding hydrogens is 390 g/mol. The summed E-state index contributed by atoms with van der Waals surface area (Å²) in [6, 6.07) is 0. The first-order chi connectivity index (χ1) is 13.0. The molecule has 0 aliphatic carbocycles. The molecule has 28 heavy (non-hydrogen) atoms. The predicted molar refractivity (Wildman–Crippen MR) is 85.3 cm³/mol. The van der Waals surface area contributed by atoms with Crippen molar-refractivity contribution < 1.29 is 36.9 Å². The zero-order valence-corrected chi connectivity index (χ0v) is 14.7. The molecule has 2 aromatic rings. The number of aliphatic hydroxyl groups is 1. The van der Waals surface area contributed by atoms with Gasteiger partial charge in [-0.05, 0) is 0 Å². The van der Waals surface area contributed by atoms with Gasteiger partial charge in [-0.1, -0.05) is 13.8 Å². The lowest BCUT2D eigenvalue weighted by Gasteiger charge is -2.16. The Balaban J connectivity index is 1.90. The Bertz CT molecular complexity index is 887. The summed E-state index contributed by atoms with van der Waals surface area (Å²) >= 11 is 0. The van der Waals surface area contributed by atoms with E-state index < -0.39 is 66.6 Å². The number of anilines is 1. The van der Waals surface area contributed by atoms with Crippen molar-refractivity contribution in [1.29, 1.82) is 0 Å². The van der Waals surface area contributed by atoms with Crippen LogP contribution in [-0.2, 0) is 20.4 Å². The molecule has 3 heterocycles. The standard InChI is InChI=1S/C15H17F4N5O4/c1-5(2)13(26)27-3-6-9(25)7(16)12(28-6)24-4-21-8-10(20)22-14(15(17,18)19)23-11(8)24/h4-7,9,12,25H,3H2,1-2H3,(H2,20,22,23)/t6-,7+,9-,12-/m1/s1. The second-order valence-electron chi connectivity index (χ2n) is 6.54. The minimum Gasteiger partial charge on any atom is -0.463 e.